The molecule has 0 aliphatic carbocycles. The molecule has 1 nitrogen and oxygen atoms in total. The van der Waals surface area contributed by atoms with Crippen LogP contribution in [0.4, 0.5) is 0 Å². The van der Waals surface area contributed by atoms with Gasteiger partial charge in [0, 0.05) is 0 Å². The van der Waals surface area contributed by atoms with Crippen LogP contribution in [-0.2, 0) is 0 Å². The Morgan fingerprint density at radius 1 is 1.27 bits per heavy atom. The smallest absolute Gasteiger partial charge is 0.119 e. The first kappa shape index (κ1) is 11.8. The van der Waals surface area contributed by atoms with Crippen molar-refractivity contribution in [1.82, 2.24) is 0 Å². The summed E-state index contributed by atoms with van der Waals surface area (Å²) in [5.74, 6) is 1.51. The minimum absolute atomic E-state index is 0.563. The van der Waals surface area contributed by atoms with E-state index in [2.05, 4.69) is 39.0 Å². The molecule has 0 bridgehead atoms. The first-order chi connectivity index (χ1) is 7.19. The van der Waals surface area contributed by atoms with Crippen molar-refractivity contribution in [2.45, 2.75) is 27.7 Å². The van der Waals surface area contributed by atoms with Crippen LogP contribution in [-0.4, -0.2) is 6.61 Å². The topological polar surface area (TPSA) is 9.23 Å². The van der Waals surface area contributed by atoms with Gasteiger partial charge in [0.05, 0.1) is 6.61 Å². The molecule has 0 N–H and O–H groups in total. The van der Waals surface area contributed by atoms with Gasteiger partial charge in [-0.25, -0.2) is 0 Å². The van der Waals surface area contributed by atoms with Gasteiger partial charge in [0.1, 0.15) is 5.75 Å². The highest BCUT2D eigenvalue weighted by Gasteiger charge is 2.04. The van der Waals surface area contributed by atoms with Gasteiger partial charge in [-0.3, -0.25) is 0 Å². The molecule has 1 aromatic carbocycles. The zero-order valence-electron chi connectivity index (χ0n) is 10.1. The molecule has 0 saturated heterocycles. The summed E-state index contributed by atoms with van der Waals surface area (Å²) in [6.07, 6.45) is 2.18. The first-order valence-electron chi connectivity index (χ1n) is 5.58. The highest BCUT2D eigenvalue weighted by molar-refractivity contribution is 5.67. The minimum atomic E-state index is 0.563. The van der Waals surface area contributed by atoms with E-state index in [-0.39, 0.29) is 0 Å². The molecule has 0 fully saturated rings. The second kappa shape index (κ2) is 5.59. The fraction of sp³-hybridized carbons (Fsp3) is 0.429. The second-order valence-electron chi connectivity index (χ2n) is 3.86. The largest absolute Gasteiger partial charge is 0.494 e. The third kappa shape index (κ3) is 3.12. The summed E-state index contributed by atoms with van der Waals surface area (Å²) >= 11 is 0. The molecule has 0 aliphatic heterocycles. The molecule has 1 aromatic rings. The number of benzene rings is 1. The normalized spacial score (nSPS) is 11.9. The van der Waals surface area contributed by atoms with Crippen LogP contribution in [0.2, 0.25) is 0 Å². The number of hydrogen-bond acceptors (Lipinski definition) is 1. The molecule has 82 valence electrons. The molecule has 0 heterocycles. The number of rotatable bonds is 4. The number of ether oxygens (including phenoxy) is 1. The molecular formula is C14H20O. The Morgan fingerprint density at radius 3 is 2.27 bits per heavy atom. The maximum Gasteiger partial charge on any atom is 0.119 e. The Kier molecular flexibility index (Phi) is 4.41. The predicted octanol–water partition coefficient (Wildman–Crippen LogP) is 4.14. The van der Waals surface area contributed by atoms with Crippen molar-refractivity contribution in [3.05, 3.63) is 35.9 Å². The molecule has 15 heavy (non-hydrogen) atoms. The average molecular weight is 204 g/mol. The van der Waals surface area contributed by atoms with Crippen LogP contribution in [0.3, 0.4) is 0 Å². The first-order valence-corrected chi connectivity index (χ1v) is 5.58. The zero-order chi connectivity index (χ0) is 11.3. The fourth-order valence-electron chi connectivity index (χ4n) is 1.74. The van der Waals surface area contributed by atoms with E-state index in [1.807, 2.05) is 19.1 Å². The van der Waals surface area contributed by atoms with E-state index in [4.69, 9.17) is 4.74 Å². The van der Waals surface area contributed by atoms with Crippen molar-refractivity contribution in [1.29, 1.82) is 0 Å². The van der Waals surface area contributed by atoms with Gasteiger partial charge in [-0.15, -0.1) is 0 Å². The lowest BCUT2D eigenvalue weighted by Gasteiger charge is -2.11. The maximum absolute atomic E-state index is 5.42. The van der Waals surface area contributed by atoms with E-state index in [1.165, 1.54) is 11.1 Å². The summed E-state index contributed by atoms with van der Waals surface area (Å²) in [6, 6.07) is 8.32. The van der Waals surface area contributed by atoms with Gasteiger partial charge < -0.3 is 4.74 Å². The molecule has 1 heteroatoms. The Hall–Kier alpha value is -1.24. The molecule has 0 spiro atoms. The molecule has 0 aliphatic rings. The fourth-order valence-corrected chi connectivity index (χ4v) is 1.74. The molecule has 0 aromatic heterocycles. The van der Waals surface area contributed by atoms with Crippen molar-refractivity contribution < 1.29 is 4.74 Å². The summed E-state index contributed by atoms with van der Waals surface area (Å²) in [5.41, 5.74) is 2.68. The third-order valence-electron chi connectivity index (χ3n) is 2.43. The Bertz CT molecular complexity index is 320. The van der Waals surface area contributed by atoms with Crippen molar-refractivity contribution >= 4 is 5.57 Å². The summed E-state index contributed by atoms with van der Waals surface area (Å²) in [5, 5.41) is 0. The lowest BCUT2D eigenvalue weighted by Crippen LogP contribution is -1.95. The molecule has 0 unspecified atom stereocenters. The molecular weight excluding hydrogens is 184 g/mol. The van der Waals surface area contributed by atoms with Crippen LogP contribution in [0.15, 0.2) is 30.3 Å². The van der Waals surface area contributed by atoms with Crippen LogP contribution in [0.1, 0.15) is 33.3 Å². The maximum atomic E-state index is 5.42. The van der Waals surface area contributed by atoms with Crippen LogP contribution >= 0.6 is 0 Å². The Balaban J connectivity index is 2.88. The Morgan fingerprint density at radius 2 is 1.87 bits per heavy atom. The quantitative estimate of drug-likeness (QED) is 0.716. The average Bonchev–Trinajstić information content (AvgIpc) is 2.21. The van der Waals surface area contributed by atoms with Crippen molar-refractivity contribution in [3.8, 4) is 5.75 Å². The summed E-state index contributed by atoms with van der Waals surface area (Å²) in [4.78, 5) is 0. The van der Waals surface area contributed by atoms with Crippen LogP contribution < -0.4 is 4.74 Å². The third-order valence-corrected chi connectivity index (χ3v) is 2.43. The van der Waals surface area contributed by atoms with Gasteiger partial charge in [-0.05, 0) is 43.0 Å². The van der Waals surface area contributed by atoms with Gasteiger partial charge in [0.2, 0.25) is 0 Å². The van der Waals surface area contributed by atoms with Gasteiger partial charge in [0.25, 0.3) is 0 Å². The monoisotopic (exact) mass is 204 g/mol. The van der Waals surface area contributed by atoms with E-state index in [0.29, 0.717) is 5.92 Å². The molecule has 0 radical (unpaired) electrons. The number of allylic oxidation sites excluding steroid dienone is 2. The lowest BCUT2D eigenvalue weighted by atomic mass is 9.95. The molecule has 0 amide bonds. The van der Waals surface area contributed by atoms with Gasteiger partial charge in [-0.1, -0.05) is 32.1 Å². The molecule has 0 saturated carbocycles. The van der Waals surface area contributed by atoms with Crippen molar-refractivity contribution in [2.24, 2.45) is 5.92 Å². The van der Waals surface area contributed by atoms with Crippen LogP contribution in [0.25, 0.3) is 5.57 Å². The lowest BCUT2D eigenvalue weighted by molar-refractivity contribution is 0.340. The minimum Gasteiger partial charge on any atom is -0.494 e. The van der Waals surface area contributed by atoms with Gasteiger partial charge in [-0.2, -0.15) is 0 Å². The highest BCUT2D eigenvalue weighted by atomic mass is 16.5. The van der Waals surface area contributed by atoms with E-state index >= 15 is 0 Å². The van der Waals surface area contributed by atoms with E-state index in [1.54, 1.807) is 0 Å². The summed E-state index contributed by atoms with van der Waals surface area (Å²) in [7, 11) is 0. The second-order valence-corrected chi connectivity index (χ2v) is 3.86. The van der Waals surface area contributed by atoms with E-state index < -0.39 is 0 Å². The molecule has 1 rings (SSSR count). The zero-order valence-corrected chi connectivity index (χ0v) is 10.1. The standard InChI is InChI=1S/C14H20O/c1-5-14(11(3)4)12-7-9-13(10-8-12)15-6-2/h5,7-11H,6H2,1-4H3/b14-5+. The SMILES string of the molecule is C/C=C(/c1ccc(OCC)cc1)C(C)C. The molecule has 0 atom stereocenters. The van der Waals surface area contributed by atoms with Crippen molar-refractivity contribution in [3.63, 3.8) is 0 Å². The number of hydrogen-bond donors (Lipinski definition) is 0. The van der Waals surface area contributed by atoms with Crippen LogP contribution in [0.5, 0.6) is 5.75 Å². The van der Waals surface area contributed by atoms with Crippen molar-refractivity contribution in [2.75, 3.05) is 6.61 Å². The summed E-state index contributed by atoms with van der Waals surface area (Å²) in [6.45, 7) is 9.24. The van der Waals surface area contributed by atoms with Gasteiger partial charge in [0.15, 0.2) is 0 Å². The highest BCUT2D eigenvalue weighted by Crippen LogP contribution is 2.24. The summed E-state index contributed by atoms with van der Waals surface area (Å²) < 4.78 is 5.42. The van der Waals surface area contributed by atoms with E-state index in [9.17, 15) is 0 Å². The van der Waals surface area contributed by atoms with E-state index in [0.717, 1.165) is 12.4 Å². The van der Waals surface area contributed by atoms with Crippen LogP contribution in [0, 0.1) is 5.92 Å². The predicted molar refractivity (Wildman–Crippen MR) is 66.1 cm³/mol. The van der Waals surface area contributed by atoms with Gasteiger partial charge >= 0.3 is 0 Å². The Labute approximate surface area is 92.8 Å².